The molecule has 0 unspecified atom stereocenters. The molecule has 1 heterocycles. The van der Waals surface area contributed by atoms with Crippen LogP contribution in [0.25, 0.3) is 0 Å². The fourth-order valence-electron chi connectivity index (χ4n) is 2.25. The summed E-state index contributed by atoms with van der Waals surface area (Å²) in [5, 5.41) is 22.5. The van der Waals surface area contributed by atoms with Gasteiger partial charge in [0.05, 0.1) is 30.5 Å². The van der Waals surface area contributed by atoms with Crippen molar-refractivity contribution in [2.45, 2.75) is 26.8 Å². The zero-order chi connectivity index (χ0) is 17.0. The van der Waals surface area contributed by atoms with E-state index in [-0.39, 0.29) is 17.7 Å². The number of nitriles is 1. The topological polar surface area (TPSA) is 114 Å². The maximum atomic E-state index is 11.4. The number of benzene rings is 1. The van der Waals surface area contributed by atoms with Crippen molar-refractivity contribution in [3.8, 4) is 17.6 Å². The summed E-state index contributed by atoms with van der Waals surface area (Å²) in [7, 11) is 0. The lowest BCUT2D eigenvalue weighted by molar-refractivity contribution is 0.1000. The molecule has 7 nitrogen and oxygen atoms in total. The minimum absolute atomic E-state index is 0.0269. The molecule has 0 bridgehead atoms. The van der Waals surface area contributed by atoms with Gasteiger partial charge in [-0.3, -0.25) is 9.48 Å². The lowest BCUT2D eigenvalue weighted by Gasteiger charge is -2.09. The molecule has 0 spiro atoms. The highest BCUT2D eigenvalue weighted by molar-refractivity contribution is 5.93. The number of rotatable bonds is 6. The Kier molecular flexibility index (Phi) is 4.98. The van der Waals surface area contributed by atoms with E-state index in [2.05, 4.69) is 5.10 Å². The van der Waals surface area contributed by atoms with Gasteiger partial charge in [0.2, 0.25) is 5.91 Å². The molecule has 2 aromatic rings. The van der Waals surface area contributed by atoms with Gasteiger partial charge < -0.3 is 15.6 Å². The summed E-state index contributed by atoms with van der Waals surface area (Å²) in [5.41, 5.74) is 7.27. The molecule has 1 amide bonds. The molecule has 0 aliphatic carbocycles. The fourth-order valence-corrected chi connectivity index (χ4v) is 2.25. The van der Waals surface area contributed by atoms with Crippen LogP contribution >= 0.6 is 0 Å². The minimum Gasteiger partial charge on any atom is -0.453 e. The number of primary amides is 1. The number of ether oxygens (including phenoxy) is 1. The van der Waals surface area contributed by atoms with E-state index in [4.69, 9.17) is 20.8 Å². The van der Waals surface area contributed by atoms with Crippen LogP contribution in [0, 0.1) is 18.3 Å². The van der Waals surface area contributed by atoms with Crippen LogP contribution < -0.4 is 10.5 Å². The molecule has 23 heavy (non-hydrogen) atoms. The quantitative estimate of drug-likeness (QED) is 0.838. The highest BCUT2D eigenvalue weighted by atomic mass is 16.5. The Bertz CT molecular complexity index is 774. The second-order valence-corrected chi connectivity index (χ2v) is 4.99. The van der Waals surface area contributed by atoms with E-state index in [9.17, 15) is 4.79 Å². The van der Waals surface area contributed by atoms with E-state index in [0.717, 1.165) is 11.4 Å². The molecule has 7 heteroatoms. The molecule has 120 valence electrons. The number of aliphatic hydroxyl groups excluding tert-OH is 1. The molecule has 0 atom stereocenters. The van der Waals surface area contributed by atoms with E-state index in [0.29, 0.717) is 24.5 Å². The Morgan fingerprint density at radius 2 is 2.22 bits per heavy atom. The SMILES string of the molecule is CCc1nn(CCO)c(C)c1Oc1cc(C#N)cc(C(N)=O)c1. The third-order valence-corrected chi connectivity index (χ3v) is 3.41. The van der Waals surface area contributed by atoms with E-state index >= 15 is 0 Å². The highest BCUT2D eigenvalue weighted by Gasteiger charge is 2.16. The van der Waals surface area contributed by atoms with Crippen molar-refractivity contribution in [3.63, 3.8) is 0 Å². The van der Waals surface area contributed by atoms with Crippen LogP contribution in [0.3, 0.4) is 0 Å². The number of carbonyl (C=O) groups is 1. The molecule has 3 N–H and O–H groups in total. The maximum Gasteiger partial charge on any atom is 0.248 e. The summed E-state index contributed by atoms with van der Waals surface area (Å²) in [5.74, 6) is 0.279. The van der Waals surface area contributed by atoms with Gasteiger partial charge in [-0.25, -0.2) is 0 Å². The number of nitrogens with two attached hydrogens (primary N) is 1. The van der Waals surface area contributed by atoms with Gasteiger partial charge in [0.15, 0.2) is 5.75 Å². The van der Waals surface area contributed by atoms with Gasteiger partial charge in [0.1, 0.15) is 11.4 Å². The van der Waals surface area contributed by atoms with E-state index in [1.54, 1.807) is 4.68 Å². The predicted octanol–water partition coefficient (Wildman–Crippen LogP) is 1.51. The van der Waals surface area contributed by atoms with Crippen LogP contribution in [0.2, 0.25) is 0 Å². The van der Waals surface area contributed by atoms with Crippen LogP contribution in [-0.2, 0) is 13.0 Å². The molecule has 0 saturated carbocycles. The summed E-state index contributed by atoms with van der Waals surface area (Å²) >= 11 is 0. The first-order chi connectivity index (χ1) is 11.0. The molecular formula is C16H18N4O3. The first-order valence-corrected chi connectivity index (χ1v) is 7.20. The molecule has 0 radical (unpaired) electrons. The first-order valence-electron chi connectivity index (χ1n) is 7.20. The summed E-state index contributed by atoms with van der Waals surface area (Å²) < 4.78 is 7.53. The molecular weight excluding hydrogens is 296 g/mol. The Morgan fingerprint density at radius 3 is 2.78 bits per heavy atom. The van der Waals surface area contributed by atoms with Crippen molar-refractivity contribution in [2.75, 3.05) is 6.61 Å². The normalized spacial score (nSPS) is 10.3. The average molecular weight is 314 g/mol. The molecule has 0 aliphatic heterocycles. The van der Waals surface area contributed by atoms with Gasteiger partial charge in [-0.1, -0.05) is 6.92 Å². The lowest BCUT2D eigenvalue weighted by atomic mass is 10.1. The molecule has 0 fully saturated rings. The van der Waals surface area contributed by atoms with Gasteiger partial charge in [-0.05, 0) is 31.5 Å². The number of aryl methyl sites for hydroxylation is 1. The average Bonchev–Trinajstić information content (AvgIpc) is 2.83. The molecule has 2 rings (SSSR count). The van der Waals surface area contributed by atoms with Crippen molar-refractivity contribution in [2.24, 2.45) is 5.73 Å². The molecule has 1 aromatic carbocycles. The van der Waals surface area contributed by atoms with Crippen molar-refractivity contribution < 1.29 is 14.6 Å². The third-order valence-electron chi connectivity index (χ3n) is 3.41. The number of aliphatic hydroxyl groups is 1. The van der Waals surface area contributed by atoms with Gasteiger partial charge in [-0.15, -0.1) is 0 Å². The number of carbonyl (C=O) groups excluding carboxylic acids is 1. The maximum absolute atomic E-state index is 11.4. The van der Waals surface area contributed by atoms with Crippen LogP contribution in [-0.4, -0.2) is 27.4 Å². The van der Waals surface area contributed by atoms with Gasteiger partial charge in [0.25, 0.3) is 0 Å². The largest absolute Gasteiger partial charge is 0.453 e. The number of hydrogen-bond acceptors (Lipinski definition) is 5. The zero-order valence-electron chi connectivity index (χ0n) is 13.0. The van der Waals surface area contributed by atoms with Crippen molar-refractivity contribution >= 4 is 5.91 Å². The van der Waals surface area contributed by atoms with Gasteiger partial charge >= 0.3 is 0 Å². The minimum atomic E-state index is -0.629. The van der Waals surface area contributed by atoms with Crippen LogP contribution in [0.5, 0.6) is 11.5 Å². The summed E-state index contributed by atoms with van der Waals surface area (Å²) in [6, 6.07) is 6.42. The Morgan fingerprint density at radius 1 is 1.48 bits per heavy atom. The van der Waals surface area contributed by atoms with Crippen molar-refractivity contribution in [1.29, 1.82) is 5.26 Å². The van der Waals surface area contributed by atoms with E-state index in [1.807, 2.05) is 19.9 Å². The Hall–Kier alpha value is -2.85. The molecule has 1 aromatic heterocycles. The van der Waals surface area contributed by atoms with Crippen LogP contribution in [0.15, 0.2) is 18.2 Å². The van der Waals surface area contributed by atoms with Crippen molar-refractivity contribution in [1.82, 2.24) is 9.78 Å². The first kappa shape index (κ1) is 16.5. The van der Waals surface area contributed by atoms with Gasteiger partial charge in [-0.2, -0.15) is 10.4 Å². The van der Waals surface area contributed by atoms with Gasteiger partial charge in [0, 0.05) is 5.56 Å². The summed E-state index contributed by atoms with van der Waals surface area (Å²) in [4.78, 5) is 11.4. The van der Waals surface area contributed by atoms with Crippen LogP contribution in [0.4, 0.5) is 0 Å². The van der Waals surface area contributed by atoms with Crippen molar-refractivity contribution in [3.05, 3.63) is 40.7 Å². The standard InChI is InChI=1S/C16H18N4O3/c1-3-14-15(10(2)20(19-14)4-5-21)23-13-7-11(9-17)6-12(8-13)16(18)22/h6-8,21H,3-5H2,1-2H3,(H2,18,22). The number of aromatic nitrogens is 2. The van der Waals surface area contributed by atoms with E-state index in [1.165, 1.54) is 18.2 Å². The number of hydrogen-bond donors (Lipinski definition) is 2. The summed E-state index contributed by atoms with van der Waals surface area (Å²) in [6.07, 6.45) is 0.648. The lowest BCUT2D eigenvalue weighted by Crippen LogP contribution is -2.11. The number of nitrogens with zero attached hydrogens (tertiary/aromatic N) is 3. The summed E-state index contributed by atoms with van der Waals surface area (Å²) in [6.45, 7) is 4.12. The monoisotopic (exact) mass is 314 g/mol. The predicted molar refractivity (Wildman–Crippen MR) is 83.2 cm³/mol. The smallest absolute Gasteiger partial charge is 0.248 e. The second kappa shape index (κ2) is 6.94. The zero-order valence-corrected chi connectivity index (χ0v) is 13.0. The Balaban J connectivity index is 2.45. The third kappa shape index (κ3) is 3.49. The van der Waals surface area contributed by atoms with E-state index < -0.39 is 5.91 Å². The number of amides is 1. The second-order valence-electron chi connectivity index (χ2n) is 4.99. The molecule has 0 aliphatic rings. The highest BCUT2D eigenvalue weighted by Crippen LogP contribution is 2.30. The molecule has 0 saturated heterocycles. The fraction of sp³-hybridized carbons (Fsp3) is 0.312. The van der Waals surface area contributed by atoms with Crippen LogP contribution in [0.1, 0.15) is 34.2 Å². The Labute approximate surface area is 133 Å².